The van der Waals surface area contributed by atoms with Crippen molar-refractivity contribution in [3.05, 3.63) is 4.88 Å². The molecule has 2 saturated carbocycles. The zero-order chi connectivity index (χ0) is 10.5. The van der Waals surface area contributed by atoms with Crippen molar-refractivity contribution < 1.29 is 5.11 Å². The van der Waals surface area contributed by atoms with Gasteiger partial charge >= 0.3 is 0 Å². The van der Waals surface area contributed by atoms with Gasteiger partial charge in [-0.2, -0.15) is 4.98 Å². The lowest BCUT2D eigenvalue weighted by Gasteiger charge is -2.27. The minimum Gasteiger partial charge on any atom is -0.492 e. The number of fused-ring (bicyclic) bond motifs is 2. The number of aryl methyl sites for hydroxylation is 1. The molecule has 82 valence electrons. The van der Waals surface area contributed by atoms with Gasteiger partial charge in [0.25, 0.3) is 0 Å². The molecule has 2 bridgehead atoms. The number of nitrogens with one attached hydrogen (secondary N) is 1. The third kappa shape index (κ3) is 1.51. The van der Waals surface area contributed by atoms with Gasteiger partial charge in [0.05, 0.1) is 4.88 Å². The second-order valence-corrected chi connectivity index (χ2v) is 6.15. The molecule has 1 aromatic rings. The van der Waals surface area contributed by atoms with E-state index >= 15 is 0 Å². The van der Waals surface area contributed by atoms with Crippen LogP contribution in [0, 0.1) is 12.8 Å². The molecular weight excluding hydrogens is 208 g/mol. The SMILES string of the molecule is Cc1sc(NC23CCC(CC2)C3)nc1O. The van der Waals surface area contributed by atoms with E-state index in [1.807, 2.05) is 6.92 Å². The number of aromatic nitrogens is 1. The van der Waals surface area contributed by atoms with Gasteiger partial charge < -0.3 is 10.4 Å². The maximum Gasteiger partial charge on any atom is 0.226 e. The highest BCUT2D eigenvalue weighted by Crippen LogP contribution is 2.49. The molecule has 1 aromatic heterocycles. The highest BCUT2D eigenvalue weighted by atomic mass is 32.1. The van der Waals surface area contributed by atoms with Crippen LogP contribution in [0.1, 0.15) is 37.0 Å². The first-order valence-corrected chi connectivity index (χ1v) is 6.43. The molecule has 1 heterocycles. The van der Waals surface area contributed by atoms with E-state index in [0.29, 0.717) is 5.54 Å². The Labute approximate surface area is 93.5 Å². The third-order valence-corrected chi connectivity index (χ3v) is 4.76. The Balaban J connectivity index is 1.80. The van der Waals surface area contributed by atoms with Crippen LogP contribution in [0.25, 0.3) is 0 Å². The number of hydrogen-bond acceptors (Lipinski definition) is 4. The first-order chi connectivity index (χ1) is 7.17. The smallest absolute Gasteiger partial charge is 0.226 e. The van der Waals surface area contributed by atoms with Crippen LogP contribution in [0.5, 0.6) is 5.88 Å². The van der Waals surface area contributed by atoms with Crippen molar-refractivity contribution in [3.63, 3.8) is 0 Å². The summed E-state index contributed by atoms with van der Waals surface area (Å²) in [4.78, 5) is 5.05. The van der Waals surface area contributed by atoms with Crippen LogP contribution in [0.4, 0.5) is 5.13 Å². The molecule has 0 aromatic carbocycles. The fourth-order valence-corrected chi connectivity index (χ4v) is 3.86. The standard InChI is InChI=1S/C11H16N2OS/c1-7-9(14)12-10(15-7)13-11-4-2-8(6-11)3-5-11/h8,14H,2-6H2,1H3,(H,12,13). The molecule has 4 heteroatoms. The minimum atomic E-state index is 0.187. The summed E-state index contributed by atoms with van der Waals surface area (Å²) in [5, 5.41) is 13.9. The predicted molar refractivity (Wildman–Crippen MR) is 61.4 cm³/mol. The van der Waals surface area contributed by atoms with Crippen molar-refractivity contribution in [2.45, 2.75) is 44.6 Å². The molecule has 15 heavy (non-hydrogen) atoms. The second kappa shape index (κ2) is 3.11. The summed E-state index contributed by atoms with van der Waals surface area (Å²) in [6.45, 7) is 1.90. The van der Waals surface area contributed by atoms with Gasteiger partial charge in [-0.25, -0.2) is 0 Å². The number of rotatable bonds is 2. The van der Waals surface area contributed by atoms with Crippen LogP contribution in [0.15, 0.2) is 0 Å². The average molecular weight is 224 g/mol. The maximum absolute atomic E-state index is 9.44. The minimum absolute atomic E-state index is 0.187. The van der Waals surface area contributed by atoms with Gasteiger partial charge in [-0.1, -0.05) is 11.3 Å². The highest BCUT2D eigenvalue weighted by Gasteiger charge is 2.45. The summed E-state index contributed by atoms with van der Waals surface area (Å²) in [6, 6.07) is 0. The molecule has 0 atom stereocenters. The molecule has 0 radical (unpaired) electrons. The number of aromatic hydroxyl groups is 1. The zero-order valence-corrected chi connectivity index (χ0v) is 9.73. The van der Waals surface area contributed by atoms with E-state index in [1.54, 1.807) is 11.3 Å². The molecule has 2 aliphatic rings. The molecule has 2 aliphatic carbocycles. The summed E-state index contributed by atoms with van der Waals surface area (Å²) in [7, 11) is 0. The van der Waals surface area contributed by atoms with Crippen LogP contribution < -0.4 is 5.32 Å². The average Bonchev–Trinajstić information content (AvgIpc) is 2.83. The Hall–Kier alpha value is -0.770. The van der Waals surface area contributed by atoms with Crippen molar-refractivity contribution in [2.24, 2.45) is 5.92 Å². The van der Waals surface area contributed by atoms with E-state index in [-0.39, 0.29) is 5.88 Å². The molecule has 0 aliphatic heterocycles. The lowest BCUT2D eigenvalue weighted by molar-refractivity contribution is 0.442. The lowest BCUT2D eigenvalue weighted by atomic mass is 9.94. The fraction of sp³-hybridized carbons (Fsp3) is 0.727. The van der Waals surface area contributed by atoms with Gasteiger partial charge in [0.15, 0.2) is 5.13 Å². The Bertz CT molecular complexity index is 360. The van der Waals surface area contributed by atoms with Crippen LogP contribution in [-0.2, 0) is 0 Å². The van der Waals surface area contributed by atoms with Gasteiger partial charge in [-0.15, -0.1) is 0 Å². The number of anilines is 1. The monoisotopic (exact) mass is 224 g/mol. The van der Waals surface area contributed by atoms with Crippen molar-refractivity contribution in [1.82, 2.24) is 4.98 Å². The molecule has 2 N–H and O–H groups in total. The lowest BCUT2D eigenvalue weighted by Crippen LogP contribution is -2.32. The summed E-state index contributed by atoms with van der Waals surface area (Å²) in [5.41, 5.74) is 0.307. The fourth-order valence-electron chi connectivity index (χ4n) is 3.04. The quantitative estimate of drug-likeness (QED) is 0.812. The molecular formula is C11H16N2OS. The molecule has 0 amide bonds. The van der Waals surface area contributed by atoms with Crippen molar-refractivity contribution >= 4 is 16.5 Å². The molecule has 0 saturated heterocycles. The van der Waals surface area contributed by atoms with E-state index in [1.165, 1.54) is 32.1 Å². The van der Waals surface area contributed by atoms with Gasteiger partial charge in [-0.05, 0) is 44.9 Å². The molecule has 0 spiro atoms. The summed E-state index contributed by atoms with van der Waals surface area (Å²) in [5.74, 6) is 1.12. The topological polar surface area (TPSA) is 45.2 Å². The highest BCUT2D eigenvalue weighted by molar-refractivity contribution is 7.15. The van der Waals surface area contributed by atoms with Gasteiger partial charge in [-0.3, -0.25) is 0 Å². The van der Waals surface area contributed by atoms with Crippen molar-refractivity contribution in [2.75, 3.05) is 5.32 Å². The summed E-state index contributed by atoms with van der Waals surface area (Å²) < 4.78 is 0. The van der Waals surface area contributed by atoms with E-state index < -0.39 is 0 Å². The Kier molecular flexibility index (Phi) is 1.96. The predicted octanol–water partition coefficient (Wildman–Crippen LogP) is 2.90. The van der Waals surface area contributed by atoms with Gasteiger partial charge in [0.1, 0.15) is 0 Å². The largest absolute Gasteiger partial charge is 0.492 e. The maximum atomic E-state index is 9.44. The first kappa shape index (κ1) is 9.46. The van der Waals surface area contributed by atoms with Crippen LogP contribution in [-0.4, -0.2) is 15.6 Å². The van der Waals surface area contributed by atoms with Gasteiger partial charge in [0.2, 0.25) is 5.88 Å². The number of hydrogen-bond donors (Lipinski definition) is 2. The van der Waals surface area contributed by atoms with E-state index in [9.17, 15) is 5.11 Å². The zero-order valence-electron chi connectivity index (χ0n) is 8.92. The van der Waals surface area contributed by atoms with Crippen molar-refractivity contribution in [3.8, 4) is 5.88 Å². The Morgan fingerprint density at radius 2 is 2.20 bits per heavy atom. The van der Waals surface area contributed by atoms with Crippen LogP contribution in [0.2, 0.25) is 0 Å². The molecule has 3 nitrogen and oxygen atoms in total. The van der Waals surface area contributed by atoms with E-state index in [0.717, 1.165) is 15.9 Å². The van der Waals surface area contributed by atoms with Crippen LogP contribution in [0.3, 0.4) is 0 Å². The normalized spacial score (nSPS) is 33.5. The molecule has 0 unspecified atom stereocenters. The number of nitrogens with zero attached hydrogens (tertiary/aromatic N) is 1. The van der Waals surface area contributed by atoms with Crippen molar-refractivity contribution in [1.29, 1.82) is 0 Å². The number of thiazole rings is 1. The molecule has 2 fully saturated rings. The summed E-state index contributed by atoms with van der Waals surface area (Å²) in [6.07, 6.45) is 6.58. The van der Waals surface area contributed by atoms with E-state index in [2.05, 4.69) is 10.3 Å². The summed E-state index contributed by atoms with van der Waals surface area (Å²) >= 11 is 1.56. The van der Waals surface area contributed by atoms with Gasteiger partial charge in [0, 0.05) is 5.54 Å². The molecule has 3 rings (SSSR count). The van der Waals surface area contributed by atoms with Crippen LogP contribution >= 0.6 is 11.3 Å². The Morgan fingerprint density at radius 1 is 1.47 bits per heavy atom. The Morgan fingerprint density at radius 3 is 2.67 bits per heavy atom. The first-order valence-electron chi connectivity index (χ1n) is 5.61. The van der Waals surface area contributed by atoms with E-state index in [4.69, 9.17) is 0 Å². The third-order valence-electron chi connectivity index (χ3n) is 3.89. The second-order valence-electron chi connectivity index (χ2n) is 4.95.